The van der Waals surface area contributed by atoms with Crippen molar-refractivity contribution in [2.45, 2.75) is 27.3 Å². The van der Waals surface area contributed by atoms with E-state index in [1.807, 2.05) is 6.07 Å². The van der Waals surface area contributed by atoms with Crippen molar-refractivity contribution in [3.8, 4) is 6.07 Å². The molecule has 0 spiro atoms. The molecule has 1 N–H and O–H groups in total. The third-order valence-corrected chi connectivity index (χ3v) is 2.50. The Balaban J connectivity index is 2.59. The maximum atomic E-state index is 8.71. The van der Waals surface area contributed by atoms with E-state index in [9.17, 15) is 0 Å². The van der Waals surface area contributed by atoms with Crippen molar-refractivity contribution in [2.24, 2.45) is 5.41 Å². The molecule has 0 aliphatic heterocycles. The molecule has 0 unspecified atom stereocenters. The van der Waals surface area contributed by atoms with Crippen LogP contribution in [0.5, 0.6) is 0 Å². The number of benzene rings is 1. The van der Waals surface area contributed by atoms with Crippen LogP contribution in [0.15, 0.2) is 18.2 Å². The zero-order valence-corrected chi connectivity index (χ0v) is 10.7. The van der Waals surface area contributed by atoms with Crippen molar-refractivity contribution in [2.75, 3.05) is 6.54 Å². The van der Waals surface area contributed by atoms with E-state index in [1.54, 1.807) is 12.1 Å². The van der Waals surface area contributed by atoms with Crippen LogP contribution in [0.4, 0.5) is 0 Å². The van der Waals surface area contributed by atoms with E-state index in [4.69, 9.17) is 16.9 Å². The Labute approximate surface area is 102 Å². The summed E-state index contributed by atoms with van der Waals surface area (Å²) in [6.45, 7) is 8.21. The first-order chi connectivity index (χ1) is 7.42. The summed E-state index contributed by atoms with van der Waals surface area (Å²) in [5, 5.41) is 12.7. The summed E-state index contributed by atoms with van der Waals surface area (Å²) >= 11 is 6.07. The molecule has 3 heteroatoms. The third-order valence-electron chi connectivity index (χ3n) is 2.15. The highest BCUT2D eigenvalue weighted by atomic mass is 35.5. The van der Waals surface area contributed by atoms with Gasteiger partial charge in [0.25, 0.3) is 0 Å². The number of nitriles is 1. The largest absolute Gasteiger partial charge is 0.312 e. The first-order valence-corrected chi connectivity index (χ1v) is 5.69. The van der Waals surface area contributed by atoms with Crippen molar-refractivity contribution < 1.29 is 0 Å². The highest BCUT2D eigenvalue weighted by Crippen LogP contribution is 2.18. The van der Waals surface area contributed by atoms with E-state index in [0.717, 1.165) is 18.7 Å². The molecular weight excluding hydrogens is 220 g/mol. The first-order valence-electron chi connectivity index (χ1n) is 5.31. The summed E-state index contributed by atoms with van der Waals surface area (Å²) in [7, 11) is 0. The van der Waals surface area contributed by atoms with E-state index in [0.29, 0.717) is 10.6 Å². The number of hydrogen-bond acceptors (Lipinski definition) is 2. The van der Waals surface area contributed by atoms with E-state index >= 15 is 0 Å². The van der Waals surface area contributed by atoms with Crippen LogP contribution in [-0.4, -0.2) is 6.54 Å². The molecule has 0 radical (unpaired) electrons. The Hall–Kier alpha value is -1.04. The predicted octanol–water partition coefficient (Wildman–Crippen LogP) is 3.35. The Bertz CT molecular complexity index is 399. The molecule has 0 aliphatic carbocycles. The van der Waals surface area contributed by atoms with Gasteiger partial charge in [0.15, 0.2) is 0 Å². The van der Waals surface area contributed by atoms with Crippen LogP contribution in [0.2, 0.25) is 5.02 Å². The van der Waals surface area contributed by atoms with Gasteiger partial charge in [0, 0.05) is 18.1 Å². The van der Waals surface area contributed by atoms with Crippen molar-refractivity contribution >= 4 is 11.6 Å². The molecule has 2 nitrogen and oxygen atoms in total. The van der Waals surface area contributed by atoms with Gasteiger partial charge in [-0.15, -0.1) is 0 Å². The minimum atomic E-state index is 0.263. The van der Waals surface area contributed by atoms with Gasteiger partial charge in [-0.3, -0.25) is 0 Å². The lowest BCUT2D eigenvalue weighted by Crippen LogP contribution is -2.26. The summed E-state index contributed by atoms with van der Waals surface area (Å²) in [6.07, 6.45) is 0. The van der Waals surface area contributed by atoms with Gasteiger partial charge in [0.2, 0.25) is 0 Å². The van der Waals surface area contributed by atoms with Gasteiger partial charge in [0.05, 0.1) is 11.6 Å². The zero-order valence-electron chi connectivity index (χ0n) is 9.97. The Morgan fingerprint density at radius 1 is 1.38 bits per heavy atom. The number of rotatable bonds is 3. The molecule has 1 aromatic rings. The van der Waals surface area contributed by atoms with Crippen LogP contribution in [-0.2, 0) is 6.54 Å². The molecule has 0 saturated carbocycles. The maximum Gasteiger partial charge on any atom is 0.0992 e. The highest BCUT2D eigenvalue weighted by molar-refractivity contribution is 6.31. The average molecular weight is 237 g/mol. The Kier molecular flexibility index (Phi) is 4.35. The minimum Gasteiger partial charge on any atom is -0.312 e. The highest BCUT2D eigenvalue weighted by Gasteiger charge is 2.09. The first kappa shape index (κ1) is 13.0. The summed E-state index contributed by atoms with van der Waals surface area (Å²) < 4.78 is 0. The topological polar surface area (TPSA) is 35.8 Å². The van der Waals surface area contributed by atoms with Crippen molar-refractivity contribution in [3.05, 3.63) is 34.3 Å². The van der Waals surface area contributed by atoms with E-state index < -0.39 is 0 Å². The summed E-state index contributed by atoms with van der Waals surface area (Å²) in [5.74, 6) is 0. The molecule has 0 fully saturated rings. The molecule has 0 heterocycles. The van der Waals surface area contributed by atoms with Crippen molar-refractivity contribution in [1.82, 2.24) is 5.32 Å². The lowest BCUT2D eigenvalue weighted by Gasteiger charge is -2.19. The monoisotopic (exact) mass is 236 g/mol. The SMILES string of the molecule is CC(C)(C)CNCc1ccc(C#N)cc1Cl. The van der Waals surface area contributed by atoms with E-state index in [2.05, 4.69) is 32.2 Å². The number of nitrogens with zero attached hydrogens (tertiary/aromatic N) is 1. The van der Waals surface area contributed by atoms with Gasteiger partial charge in [-0.1, -0.05) is 38.4 Å². The molecule has 1 aromatic carbocycles. The molecule has 0 amide bonds. The second kappa shape index (κ2) is 5.34. The van der Waals surface area contributed by atoms with E-state index in [-0.39, 0.29) is 5.41 Å². The molecule has 0 bridgehead atoms. The standard InChI is InChI=1S/C13H17ClN2/c1-13(2,3)9-16-8-11-5-4-10(7-15)6-12(11)14/h4-6,16H,8-9H2,1-3H3. The van der Waals surface area contributed by atoms with Crippen LogP contribution >= 0.6 is 11.6 Å². The Morgan fingerprint density at radius 3 is 2.56 bits per heavy atom. The minimum absolute atomic E-state index is 0.263. The second-order valence-corrected chi connectivity index (χ2v) is 5.49. The van der Waals surface area contributed by atoms with Gasteiger partial charge in [-0.2, -0.15) is 5.26 Å². The summed E-state index contributed by atoms with van der Waals surface area (Å²) in [5.41, 5.74) is 1.90. The van der Waals surface area contributed by atoms with E-state index in [1.165, 1.54) is 0 Å². The average Bonchev–Trinajstić information content (AvgIpc) is 2.18. The quantitative estimate of drug-likeness (QED) is 0.874. The summed E-state index contributed by atoms with van der Waals surface area (Å²) in [4.78, 5) is 0. The summed E-state index contributed by atoms with van der Waals surface area (Å²) in [6, 6.07) is 7.47. The molecule has 16 heavy (non-hydrogen) atoms. The van der Waals surface area contributed by atoms with Gasteiger partial charge in [-0.25, -0.2) is 0 Å². The van der Waals surface area contributed by atoms with Crippen LogP contribution in [0, 0.1) is 16.7 Å². The maximum absolute atomic E-state index is 8.71. The normalized spacial score (nSPS) is 11.2. The second-order valence-electron chi connectivity index (χ2n) is 5.08. The van der Waals surface area contributed by atoms with Gasteiger partial charge in [0.1, 0.15) is 0 Å². The lowest BCUT2D eigenvalue weighted by atomic mass is 9.97. The Morgan fingerprint density at radius 2 is 2.06 bits per heavy atom. The fraction of sp³-hybridized carbons (Fsp3) is 0.462. The molecule has 0 aromatic heterocycles. The van der Waals surface area contributed by atoms with Gasteiger partial charge >= 0.3 is 0 Å². The van der Waals surface area contributed by atoms with Crippen LogP contribution in [0.3, 0.4) is 0 Å². The molecule has 0 saturated heterocycles. The smallest absolute Gasteiger partial charge is 0.0992 e. The van der Waals surface area contributed by atoms with Gasteiger partial charge in [-0.05, 0) is 23.1 Å². The lowest BCUT2D eigenvalue weighted by molar-refractivity contribution is 0.379. The van der Waals surface area contributed by atoms with Crippen molar-refractivity contribution in [3.63, 3.8) is 0 Å². The van der Waals surface area contributed by atoms with Crippen LogP contribution < -0.4 is 5.32 Å². The predicted molar refractivity (Wildman–Crippen MR) is 67.3 cm³/mol. The number of hydrogen-bond donors (Lipinski definition) is 1. The fourth-order valence-electron chi connectivity index (χ4n) is 1.33. The molecule has 0 atom stereocenters. The van der Waals surface area contributed by atoms with Crippen LogP contribution in [0.1, 0.15) is 31.9 Å². The third kappa shape index (κ3) is 4.22. The molecule has 1 rings (SSSR count). The van der Waals surface area contributed by atoms with Crippen molar-refractivity contribution in [1.29, 1.82) is 5.26 Å². The van der Waals surface area contributed by atoms with Gasteiger partial charge < -0.3 is 5.32 Å². The molecule has 0 aliphatic rings. The molecular formula is C13H17ClN2. The van der Waals surface area contributed by atoms with Crippen LogP contribution in [0.25, 0.3) is 0 Å². The fourth-order valence-corrected chi connectivity index (χ4v) is 1.58. The number of halogens is 1. The zero-order chi connectivity index (χ0) is 12.2. The molecule has 86 valence electrons. The number of nitrogens with one attached hydrogen (secondary N) is 1.